The van der Waals surface area contributed by atoms with Crippen molar-refractivity contribution in [2.24, 2.45) is 0 Å². The zero-order valence-electron chi connectivity index (χ0n) is 13.2. The minimum absolute atomic E-state index is 0.443. The summed E-state index contributed by atoms with van der Waals surface area (Å²) in [5, 5.41) is 58.2. The van der Waals surface area contributed by atoms with Gasteiger partial charge in [-0.1, -0.05) is 43.7 Å². The van der Waals surface area contributed by atoms with Crippen molar-refractivity contribution in [2.45, 2.75) is 50.6 Å². The van der Waals surface area contributed by atoms with Crippen molar-refractivity contribution < 1.29 is 30.6 Å². The van der Waals surface area contributed by atoms with E-state index in [1.54, 1.807) is 24.3 Å². The molecule has 0 fully saturated rings. The molecule has 4 unspecified atom stereocenters. The summed E-state index contributed by atoms with van der Waals surface area (Å²) in [7, 11) is 0. The molecule has 0 bridgehead atoms. The highest BCUT2D eigenvalue weighted by Gasteiger charge is 2.33. The Morgan fingerprint density at radius 3 is 2.13 bits per heavy atom. The van der Waals surface area contributed by atoms with Gasteiger partial charge in [0.25, 0.3) is 0 Å². The van der Waals surface area contributed by atoms with E-state index in [0.29, 0.717) is 17.6 Å². The fraction of sp³-hybridized carbons (Fsp3) is 0.529. The van der Waals surface area contributed by atoms with Crippen molar-refractivity contribution in [2.75, 3.05) is 6.61 Å². The molecule has 4 atom stereocenters. The molecule has 0 saturated heterocycles. The van der Waals surface area contributed by atoms with Crippen LogP contribution in [0.4, 0.5) is 0 Å². The first-order chi connectivity index (χ1) is 10.9. The van der Waals surface area contributed by atoms with Crippen LogP contribution in [0.1, 0.15) is 31.7 Å². The van der Waals surface area contributed by atoms with Gasteiger partial charge in [-0.3, -0.25) is 0 Å². The van der Waals surface area contributed by atoms with Gasteiger partial charge in [-0.25, -0.2) is 0 Å². The molecule has 0 radical (unpaired) electrons. The molecule has 1 aromatic rings. The van der Waals surface area contributed by atoms with Gasteiger partial charge in [-0.15, -0.1) is 0 Å². The number of unbranched alkanes of at least 4 members (excludes halogenated alkanes) is 1. The number of hydrogen-bond donors (Lipinski definition) is 6. The maximum atomic E-state index is 10.3. The van der Waals surface area contributed by atoms with E-state index in [4.69, 9.17) is 5.11 Å². The van der Waals surface area contributed by atoms with Crippen molar-refractivity contribution in [3.8, 4) is 0 Å². The van der Waals surface area contributed by atoms with E-state index < -0.39 is 36.8 Å². The summed E-state index contributed by atoms with van der Waals surface area (Å²) in [5.41, 5.74) is 1.19. The van der Waals surface area contributed by atoms with Crippen LogP contribution >= 0.6 is 0 Å². The van der Waals surface area contributed by atoms with Gasteiger partial charge in [0.05, 0.1) is 6.61 Å². The molecule has 6 nitrogen and oxygen atoms in total. The molecule has 0 aliphatic heterocycles. The number of allylic oxidation sites excluding steroid dienone is 1. The van der Waals surface area contributed by atoms with E-state index >= 15 is 0 Å². The average Bonchev–Trinajstić information content (AvgIpc) is 2.60. The molecule has 0 amide bonds. The number of hydrogen-bond acceptors (Lipinski definition) is 6. The van der Waals surface area contributed by atoms with Gasteiger partial charge in [0.1, 0.15) is 30.2 Å². The predicted octanol–water partition coefficient (Wildman–Crippen LogP) is 0.582. The highest BCUT2D eigenvalue weighted by molar-refractivity contribution is 5.67. The SMILES string of the molecule is CCCCC(=C(O)C(O)C(O)C(O)C(O)CO)c1ccccc1. The topological polar surface area (TPSA) is 121 Å². The minimum atomic E-state index is -1.82. The van der Waals surface area contributed by atoms with E-state index in [-0.39, 0.29) is 0 Å². The lowest BCUT2D eigenvalue weighted by Gasteiger charge is -2.26. The molecule has 23 heavy (non-hydrogen) atoms. The van der Waals surface area contributed by atoms with Crippen LogP contribution in [0.3, 0.4) is 0 Å². The van der Waals surface area contributed by atoms with Crippen LogP contribution in [0, 0.1) is 0 Å². The molecule has 6 N–H and O–H groups in total. The van der Waals surface area contributed by atoms with Gasteiger partial charge < -0.3 is 30.6 Å². The lowest BCUT2D eigenvalue weighted by Crippen LogP contribution is -2.46. The molecule has 0 aromatic heterocycles. The van der Waals surface area contributed by atoms with Crippen molar-refractivity contribution >= 4 is 5.57 Å². The normalized spacial score (nSPS) is 18.0. The molecular weight excluding hydrogens is 300 g/mol. The summed E-state index contributed by atoms with van der Waals surface area (Å²) < 4.78 is 0. The quantitative estimate of drug-likeness (QED) is 0.369. The maximum Gasteiger partial charge on any atom is 0.139 e. The third kappa shape index (κ3) is 5.30. The Labute approximate surface area is 136 Å². The molecule has 1 rings (SSSR count). The van der Waals surface area contributed by atoms with Gasteiger partial charge in [-0.2, -0.15) is 0 Å². The van der Waals surface area contributed by atoms with E-state index in [2.05, 4.69) is 0 Å². The maximum absolute atomic E-state index is 10.3. The fourth-order valence-corrected chi connectivity index (χ4v) is 2.28. The van der Waals surface area contributed by atoms with Crippen LogP contribution in [0.5, 0.6) is 0 Å². The Morgan fingerprint density at radius 2 is 1.61 bits per heavy atom. The highest BCUT2D eigenvalue weighted by atomic mass is 16.4. The van der Waals surface area contributed by atoms with Crippen LogP contribution in [-0.4, -0.2) is 61.7 Å². The Bertz CT molecular complexity index is 487. The van der Waals surface area contributed by atoms with Crippen LogP contribution in [0.25, 0.3) is 5.57 Å². The van der Waals surface area contributed by atoms with E-state index in [9.17, 15) is 25.5 Å². The molecule has 0 heterocycles. The monoisotopic (exact) mass is 326 g/mol. The van der Waals surface area contributed by atoms with Crippen molar-refractivity contribution in [1.29, 1.82) is 0 Å². The standard InChI is InChI=1S/C17H26O6/c1-2-3-9-12(11-7-5-4-6-8-11)14(20)16(22)17(23)15(21)13(19)10-18/h4-8,13,15-23H,2-3,9-10H2,1H3. The van der Waals surface area contributed by atoms with Crippen molar-refractivity contribution in [3.63, 3.8) is 0 Å². The number of aliphatic hydroxyl groups is 6. The van der Waals surface area contributed by atoms with Crippen molar-refractivity contribution in [1.82, 2.24) is 0 Å². The predicted molar refractivity (Wildman–Crippen MR) is 86.6 cm³/mol. The third-order valence-electron chi connectivity index (χ3n) is 3.75. The molecule has 0 spiro atoms. The zero-order chi connectivity index (χ0) is 17.4. The van der Waals surface area contributed by atoms with Crippen LogP contribution in [-0.2, 0) is 0 Å². The lowest BCUT2D eigenvalue weighted by atomic mass is 9.93. The number of aliphatic hydroxyl groups excluding tert-OH is 6. The molecular formula is C17H26O6. The first kappa shape index (κ1) is 19.6. The van der Waals surface area contributed by atoms with Gasteiger partial charge >= 0.3 is 0 Å². The molecule has 0 aliphatic carbocycles. The van der Waals surface area contributed by atoms with E-state index in [1.165, 1.54) is 0 Å². The third-order valence-corrected chi connectivity index (χ3v) is 3.75. The summed E-state index contributed by atoms with van der Waals surface area (Å²) in [6.45, 7) is 1.23. The first-order valence-electron chi connectivity index (χ1n) is 7.74. The Balaban J connectivity index is 3.08. The number of rotatable bonds is 9. The molecule has 0 saturated carbocycles. The smallest absolute Gasteiger partial charge is 0.139 e. The van der Waals surface area contributed by atoms with E-state index in [1.807, 2.05) is 13.0 Å². The Morgan fingerprint density at radius 1 is 1.00 bits per heavy atom. The second kappa shape index (κ2) is 9.64. The van der Waals surface area contributed by atoms with Gasteiger partial charge in [0, 0.05) is 0 Å². The minimum Gasteiger partial charge on any atom is -0.509 e. The Hall–Kier alpha value is -1.44. The zero-order valence-corrected chi connectivity index (χ0v) is 13.2. The van der Waals surface area contributed by atoms with Gasteiger partial charge in [0.15, 0.2) is 0 Å². The lowest BCUT2D eigenvalue weighted by molar-refractivity contribution is -0.112. The second-order valence-electron chi connectivity index (χ2n) is 5.51. The van der Waals surface area contributed by atoms with Crippen LogP contribution in [0.2, 0.25) is 0 Å². The largest absolute Gasteiger partial charge is 0.509 e. The highest BCUT2D eigenvalue weighted by Crippen LogP contribution is 2.26. The summed E-state index contributed by atoms with van der Waals surface area (Å²) in [5.74, 6) is -0.443. The van der Waals surface area contributed by atoms with Gasteiger partial charge in [-0.05, 0) is 24.0 Å². The molecule has 130 valence electrons. The molecule has 6 heteroatoms. The van der Waals surface area contributed by atoms with E-state index in [0.717, 1.165) is 12.8 Å². The van der Waals surface area contributed by atoms with Crippen LogP contribution < -0.4 is 0 Å². The average molecular weight is 326 g/mol. The van der Waals surface area contributed by atoms with Crippen molar-refractivity contribution in [3.05, 3.63) is 41.7 Å². The summed E-state index contributed by atoms with van der Waals surface area (Å²) >= 11 is 0. The van der Waals surface area contributed by atoms with Crippen LogP contribution in [0.15, 0.2) is 36.1 Å². The molecule has 0 aliphatic rings. The first-order valence-corrected chi connectivity index (χ1v) is 7.74. The summed E-state index contributed by atoms with van der Waals surface area (Å²) in [4.78, 5) is 0. The summed E-state index contributed by atoms with van der Waals surface area (Å²) in [6.07, 6.45) is -4.82. The summed E-state index contributed by atoms with van der Waals surface area (Å²) in [6, 6.07) is 8.96. The second-order valence-corrected chi connectivity index (χ2v) is 5.51. The Kier molecular flexibility index (Phi) is 8.22. The fourth-order valence-electron chi connectivity index (χ4n) is 2.28. The number of benzene rings is 1. The molecule has 1 aromatic carbocycles. The van der Waals surface area contributed by atoms with Gasteiger partial charge in [0.2, 0.25) is 0 Å².